The molecule has 10 heteroatoms. The standard InChI is InChI=1S/C20H21N5O5/c1-3-30-14-6-4-13(5-7-14)16-8-9-17(26)25(23-16)11-10-21-18(27)15-12-22-20(29)24(2)19(15)28/h4-9,12H,3,10-11H2,1-2H3,(H,21,27)(H,22,29). The first-order valence-corrected chi connectivity index (χ1v) is 9.29. The first-order valence-electron chi connectivity index (χ1n) is 9.29. The largest absolute Gasteiger partial charge is 0.494 e. The van der Waals surface area contributed by atoms with E-state index in [9.17, 15) is 19.2 Å². The molecule has 0 bridgehead atoms. The number of ether oxygens (including phenoxy) is 1. The average molecular weight is 411 g/mol. The number of carbonyl (C=O) groups excluding carboxylic acids is 1. The first-order chi connectivity index (χ1) is 14.4. The summed E-state index contributed by atoms with van der Waals surface area (Å²) in [6.45, 7) is 2.65. The smallest absolute Gasteiger partial charge is 0.328 e. The van der Waals surface area contributed by atoms with E-state index in [1.54, 1.807) is 6.07 Å². The molecule has 0 aliphatic rings. The summed E-state index contributed by atoms with van der Waals surface area (Å²) in [5, 5.41) is 6.88. The summed E-state index contributed by atoms with van der Waals surface area (Å²) in [7, 11) is 1.27. The number of carbonyl (C=O) groups is 1. The summed E-state index contributed by atoms with van der Waals surface area (Å²) in [4.78, 5) is 50.0. The molecular formula is C20H21N5O5. The molecule has 1 aromatic carbocycles. The third-order valence-electron chi connectivity index (χ3n) is 4.36. The molecule has 0 unspecified atom stereocenters. The molecule has 0 saturated heterocycles. The van der Waals surface area contributed by atoms with Gasteiger partial charge < -0.3 is 15.0 Å². The quantitative estimate of drug-likeness (QED) is 0.569. The van der Waals surface area contributed by atoms with Gasteiger partial charge in [0.2, 0.25) is 0 Å². The van der Waals surface area contributed by atoms with Gasteiger partial charge in [0.15, 0.2) is 0 Å². The zero-order valence-corrected chi connectivity index (χ0v) is 16.5. The number of benzene rings is 1. The molecule has 0 aliphatic carbocycles. The number of hydrogen-bond acceptors (Lipinski definition) is 6. The van der Waals surface area contributed by atoms with Gasteiger partial charge in [0.25, 0.3) is 17.0 Å². The van der Waals surface area contributed by atoms with Crippen LogP contribution in [-0.4, -0.2) is 38.4 Å². The molecule has 0 aliphatic heterocycles. The minimum atomic E-state index is -0.705. The molecular weight excluding hydrogens is 390 g/mol. The van der Waals surface area contributed by atoms with E-state index in [0.29, 0.717) is 12.3 Å². The summed E-state index contributed by atoms with van der Waals surface area (Å²) in [6, 6.07) is 10.4. The number of hydrogen-bond donors (Lipinski definition) is 2. The van der Waals surface area contributed by atoms with E-state index in [4.69, 9.17) is 4.74 Å². The van der Waals surface area contributed by atoms with Gasteiger partial charge in [-0.25, -0.2) is 9.48 Å². The highest BCUT2D eigenvalue weighted by Crippen LogP contribution is 2.19. The Morgan fingerprint density at radius 3 is 2.57 bits per heavy atom. The van der Waals surface area contributed by atoms with Crippen LogP contribution in [0.5, 0.6) is 5.75 Å². The van der Waals surface area contributed by atoms with Crippen LogP contribution in [0.15, 0.2) is 57.0 Å². The minimum Gasteiger partial charge on any atom is -0.494 e. The summed E-state index contributed by atoms with van der Waals surface area (Å²) >= 11 is 0. The van der Waals surface area contributed by atoms with Crippen LogP contribution in [0.2, 0.25) is 0 Å². The van der Waals surface area contributed by atoms with Crippen molar-refractivity contribution in [2.75, 3.05) is 13.2 Å². The van der Waals surface area contributed by atoms with E-state index in [2.05, 4.69) is 15.4 Å². The fourth-order valence-corrected chi connectivity index (χ4v) is 2.75. The molecule has 3 rings (SSSR count). The van der Waals surface area contributed by atoms with E-state index < -0.39 is 17.2 Å². The molecule has 0 fully saturated rings. The van der Waals surface area contributed by atoms with Crippen molar-refractivity contribution in [1.82, 2.24) is 24.6 Å². The van der Waals surface area contributed by atoms with E-state index in [0.717, 1.165) is 22.1 Å². The number of aromatic amines is 1. The number of nitrogens with one attached hydrogen (secondary N) is 2. The van der Waals surface area contributed by atoms with Crippen molar-refractivity contribution in [2.24, 2.45) is 7.05 Å². The lowest BCUT2D eigenvalue weighted by Crippen LogP contribution is -2.40. The SMILES string of the molecule is CCOc1ccc(-c2ccc(=O)n(CCNC(=O)c3c[nH]c(=O)n(C)c3=O)n2)cc1. The lowest BCUT2D eigenvalue weighted by atomic mass is 10.1. The van der Waals surface area contributed by atoms with Gasteiger partial charge in [0.05, 0.1) is 18.8 Å². The zero-order chi connectivity index (χ0) is 21.7. The number of nitrogens with zero attached hydrogens (tertiary/aromatic N) is 3. The van der Waals surface area contributed by atoms with Crippen LogP contribution in [0.1, 0.15) is 17.3 Å². The van der Waals surface area contributed by atoms with Gasteiger partial charge in [0, 0.05) is 31.4 Å². The Morgan fingerprint density at radius 1 is 1.13 bits per heavy atom. The highest BCUT2D eigenvalue weighted by molar-refractivity contribution is 5.93. The Labute approximate surface area is 170 Å². The van der Waals surface area contributed by atoms with Gasteiger partial charge in [-0.2, -0.15) is 5.10 Å². The van der Waals surface area contributed by atoms with Crippen molar-refractivity contribution < 1.29 is 9.53 Å². The van der Waals surface area contributed by atoms with Gasteiger partial charge in [-0.05, 0) is 37.3 Å². The van der Waals surface area contributed by atoms with Gasteiger partial charge in [-0.1, -0.05) is 0 Å². The van der Waals surface area contributed by atoms with Crippen LogP contribution >= 0.6 is 0 Å². The van der Waals surface area contributed by atoms with Crippen molar-refractivity contribution >= 4 is 5.91 Å². The molecule has 2 heterocycles. The molecule has 1 amide bonds. The second-order valence-corrected chi connectivity index (χ2v) is 6.36. The third-order valence-corrected chi connectivity index (χ3v) is 4.36. The Balaban J connectivity index is 1.70. The van der Waals surface area contributed by atoms with Crippen LogP contribution in [-0.2, 0) is 13.6 Å². The van der Waals surface area contributed by atoms with Crippen LogP contribution < -0.4 is 26.9 Å². The number of amides is 1. The normalized spacial score (nSPS) is 10.6. The lowest BCUT2D eigenvalue weighted by Gasteiger charge is -2.09. The van der Waals surface area contributed by atoms with Crippen molar-refractivity contribution in [3.8, 4) is 17.0 Å². The first kappa shape index (κ1) is 20.8. The molecule has 0 saturated carbocycles. The molecule has 2 aromatic heterocycles. The molecule has 156 valence electrons. The average Bonchev–Trinajstić information content (AvgIpc) is 2.74. The second kappa shape index (κ2) is 9.03. The summed E-state index contributed by atoms with van der Waals surface area (Å²) in [5.41, 5.74) is -0.423. The molecule has 3 aromatic rings. The van der Waals surface area contributed by atoms with Gasteiger partial charge in [0.1, 0.15) is 11.3 Å². The van der Waals surface area contributed by atoms with Crippen LogP contribution in [0.4, 0.5) is 0 Å². The Kier molecular flexibility index (Phi) is 6.26. The van der Waals surface area contributed by atoms with E-state index in [1.165, 1.54) is 17.8 Å². The van der Waals surface area contributed by atoms with Crippen molar-refractivity contribution in [1.29, 1.82) is 0 Å². The lowest BCUT2D eigenvalue weighted by molar-refractivity contribution is 0.0949. The second-order valence-electron chi connectivity index (χ2n) is 6.36. The monoisotopic (exact) mass is 411 g/mol. The maximum Gasteiger partial charge on any atom is 0.328 e. The Bertz CT molecular complexity index is 1220. The highest BCUT2D eigenvalue weighted by Gasteiger charge is 2.13. The fraction of sp³-hybridized carbons (Fsp3) is 0.250. The molecule has 2 N–H and O–H groups in total. The number of aromatic nitrogens is 4. The van der Waals surface area contributed by atoms with Crippen LogP contribution in [0, 0.1) is 0 Å². The minimum absolute atomic E-state index is 0.0702. The molecule has 0 spiro atoms. The molecule has 0 radical (unpaired) electrons. The predicted molar refractivity (Wildman–Crippen MR) is 110 cm³/mol. The van der Waals surface area contributed by atoms with E-state index in [1.807, 2.05) is 31.2 Å². The number of H-pyrrole nitrogens is 1. The summed E-state index contributed by atoms with van der Waals surface area (Å²) in [5.74, 6) is 0.0910. The Morgan fingerprint density at radius 2 is 1.87 bits per heavy atom. The zero-order valence-electron chi connectivity index (χ0n) is 16.5. The van der Waals surface area contributed by atoms with Gasteiger partial charge in [-0.3, -0.25) is 19.0 Å². The molecule has 0 atom stereocenters. The molecule has 10 nitrogen and oxygen atoms in total. The topological polar surface area (TPSA) is 128 Å². The van der Waals surface area contributed by atoms with Gasteiger partial charge in [-0.15, -0.1) is 0 Å². The highest BCUT2D eigenvalue weighted by atomic mass is 16.5. The van der Waals surface area contributed by atoms with Crippen LogP contribution in [0.25, 0.3) is 11.3 Å². The summed E-state index contributed by atoms with van der Waals surface area (Å²) in [6.07, 6.45) is 1.07. The van der Waals surface area contributed by atoms with Crippen LogP contribution in [0.3, 0.4) is 0 Å². The number of rotatable bonds is 7. The maximum absolute atomic E-state index is 12.2. The van der Waals surface area contributed by atoms with Crippen molar-refractivity contribution in [3.05, 3.63) is 79.4 Å². The third kappa shape index (κ3) is 4.54. The maximum atomic E-state index is 12.2. The van der Waals surface area contributed by atoms with E-state index >= 15 is 0 Å². The fourth-order valence-electron chi connectivity index (χ4n) is 2.75. The predicted octanol–water partition coefficient (Wildman–Crippen LogP) is 0.126. The van der Waals surface area contributed by atoms with Crippen molar-refractivity contribution in [2.45, 2.75) is 13.5 Å². The summed E-state index contributed by atoms with van der Waals surface area (Å²) < 4.78 is 7.45. The van der Waals surface area contributed by atoms with E-state index in [-0.39, 0.29) is 24.2 Å². The van der Waals surface area contributed by atoms with Crippen molar-refractivity contribution in [3.63, 3.8) is 0 Å². The van der Waals surface area contributed by atoms with Gasteiger partial charge >= 0.3 is 5.69 Å². The Hall–Kier alpha value is -3.95. The molecule has 30 heavy (non-hydrogen) atoms.